The fraction of sp³-hybridized carbons (Fsp3) is 0.318. The summed E-state index contributed by atoms with van der Waals surface area (Å²) < 4.78 is 0. The highest BCUT2D eigenvalue weighted by Gasteiger charge is 2.16. The number of aromatic nitrogens is 3. The van der Waals surface area contributed by atoms with E-state index in [-0.39, 0.29) is 5.91 Å². The highest BCUT2D eigenvalue weighted by molar-refractivity contribution is 5.93. The number of carbonyl (C=O) groups is 1. The molecule has 0 radical (unpaired) electrons. The Hall–Kier alpha value is -3.15. The van der Waals surface area contributed by atoms with Crippen LogP contribution in [0, 0.1) is 5.92 Å². The molecule has 28 heavy (non-hydrogen) atoms. The zero-order chi connectivity index (χ0) is 19.3. The van der Waals surface area contributed by atoms with Crippen molar-refractivity contribution in [3.63, 3.8) is 0 Å². The second-order valence-corrected chi connectivity index (χ2v) is 7.45. The lowest BCUT2D eigenvalue weighted by Gasteiger charge is -2.32. The first-order valence-corrected chi connectivity index (χ1v) is 9.77. The molecule has 6 nitrogen and oxygen atoms in total. The van der Waals surface area contributed by atoms with Crippen molar-refractivity contribution in [2.45, 2.75) is 26.3 Å². The minimum atomic E-state index is -0.165. The van der Waals surface area contributed by atoms with Crippen LogP contribution in [0.25, 0.3) is 11.3 Å². The average molecular weight is 375 g/mol. The van der Waals surface area contributed by atoms with Crippen LogP contribution in [0.3, 0.4) is 0 Å². The second-order valence-electron chi connectivity index (χ2n) is 7.45. The van der Waals surface area contributed by atoms with E-state index in [0.717, 1.165) is 35.8 Å². The molecular formula is C22H25N5O. The molecule has 0 bridgehead atoms. The summed E-state index contributed by atoms with van der Waals surface area (Å²) in [5.41, 5.74) is 4.44. The van der Waals surface area contributed by atoms with Crippen molar-refractivity contribution >= 4 is 11.6 Å². The Labute approximate surface area is 165 Å². The number of pyridine rings is 1. The summed E-state index contributed by atoms with van der Waals surface area (Å²) >= 11 is 0. The number of nitrogens with zero attached hydrogens (tertiary/aromatic N) is 3. The van der Waals surface area contributed by atoms with Gasteiger partial charge in [0.25, 0.3) is 5.91 Å². The fourth-order valence-electron chi connectivity index (χ4n) is 3.63. The molecule has 0 spiro atoms. The molecule has 1 aromatic carbocycles. The summed E-state index contributed by atoms with van der Waals surface area (Å²) in [4.78, 5) is 18.9. The van der Waals surface area contributed by atoms with Crippen LogP contribution in [-0.2, 0) is 6.54 Å². The summed E-state index contributed by atoms with van der Waals surface area (Å²) in [5.74, 6) is 0.584. The number of nitrogens with one attached hydrogen (secondary N) is 2. The van der Waals surface area contributed by atoms with E-state index >= 15 is 0 Å². The van der Waals surface area contributed by atoms with Crippen molar-refractivity contribution in [3.05, 3.63) is 66.1 Å². The van der Waals surface area contributed by atoms with Crippen molar-refractivity contribution in [3.8, 4) is 11.3 Å². The molecule has 3 heterocycles. The van der Waals surface area contributed by atoms with Crippen molar-refractivity contribution in [2.24, 2.45) is 5.92 Å². The molecule has 0 saturated carbocycles. The molecule has 3 aromatic rings. The van der Waals surface area contributed by atoms with Crippen LogP contribution in [0.15, 0.2) is 54.9 Å². The van der Waals surface area contributed by atoms with Crippen LogP contribution >= 0.6 is 0 Å². The van der Waals surface area contributed by atoms with Gasteiger partial charge in [0.05, 0.1) is 5.69 Å². The molecule has 4 rings (SSSR count). The first-order valence-electron chi connectivity index (χ1n) is 9.77. The van der Waals surface area contributed by atoms with E-state index in [2.05, 4.69) is 56.6 Å². The van der Waals surface area contributed by atoms with Crippen LogP contribution in [0.1, 0.15) is 35.8 Å². The summed E-state index contributed by atoms with van der Waals surface area (Å²) in [6.07, 6.45) is 5.98. The third-order valence-electron chi connectivity index (χ3n) is 5.21. The Morgan fingerprint density at radius 1 is 1.21 bits per heavy atom. The van der Waals surface area contributed by atoms with Crippen LogP contribution in [0.2, 0.25) is 0 Å². The monoisotopic (exact) mass is 375 g/mol. The second kappa shape index (κ2) is 8.25. The van der Waals surface area contributed by atoms with Gasteiger partial charge in [0, 0.05) is 43.3 Å². The van der Waals surface area contributed by atoms with Gasteiger partial charge in [0.2, 0.25) is 0 Å². The Balaban J connectivity index is 1.34. The average Bonchev–Trinajstić information content (AvgIpc) is 3.23. The lowest BCUT2D eigenvalue weighted by molar-refractivity contribution is 0.0946. The Kier molecular flexibility index (Phi) is 5.37. The van der Waals surface area contributed by atoms with Gasteiger partial charge in [-0.2, -0.15) is 5.10 Å². The van der Waals surface area contributed by atoms with E-state index in [1.54, 1.807) is 18.5 Å². The first kappa shape index (κ1) is 18.2. The molecule has 1 saturated heterocycles. The molecule has 6 heteroatoms. The van der Waals surface area contributed by atoms with Gasteiger partial charge in [-0.25, -0.2) is 0 Å². The van der Waals surface area contributed by atoms with Gasteiger partial charge in [-0.05, 0) is 54.7 Å². The van der Waals surface area contributed by atoms with E-state index in [0.29, 0.717) is 12.2 Å². The third kappa shape index (κ3) is 4.22. The molecular weight excluding hydrogens is 350 g/mol. The van der Waals surface area contributed by atoms with Crippen molar-refractivity contribution < 1.29 is 4.79 Å². The number of H-pyrrole nitrogens is 1. The maximum atomic E-state index is 12.4. The highest BCUT2D eigenvalue weighted by atomic mass is 16.1. The van der Waals surface area contributed by atoms with E-state index in [4.69, 9.17) is 0 Å². The van der Waals surface area contributed by atoms with Gasteiger partial charge < -0.3 is 10.2 Å². The quantitative estimate of drug-likeness (QED) is 0.714. The van der Waals surface area contributed by atoms with E-state index < -0.39 is 0 Å². The van der Waals surface area contributed by atoms with Crippen LogP contribution in [0.4, 0.5) is 5.69 Å². The Bertz CT molecular complexity index is 920. The lowest BCUT2D eigenvalue weighted by atomic mass is 9.99. The van der Waals surface area contributed by atoms with E-state index in [1.165, 1.54) is 18.5 Å². The molecule has 2 N–H and O–H groups in total. The summed E-state index contributed by atoms with van der Waals surface area (Å²) in [7, 11) is 0. The number of piperidine rings is 1. The van der Waals surface area contributed by atoms with Crippen LogP contribution in [0.5, 0.6) is 0 Å². The number of benzene rings is 1. The Morgan fingerprint density at radius 2 is 2.00 bits per heavy atom. The number of hydrogen-bond donors (Lipinski definition) is 2. The standard InChI is InChI=1S/C22H25N5O/c1-16-3-2-12-27(15-16)19-6-4-17(5-7-19)14-24-22(28)21-13-20(25-26-21)18-8-10-23-11-9-18/h4-11,13,16H,2-3,12,14-15H2,1H3,(H,24,28)(H,25,26). The molecule has 144 valence electrons. The number of rotatable bonds is 5. The Morgan fingerprint density at radius 3 is 2.75 bits per heavy atom. The fourth-order valence-corrected chi connectivity index (χ4v) is 3.63. The predicted molar refractivity (Wildman–Crippen MR) is 110 cm³/mol. The molecule has 1 aliphatic rings. The maximum absolute atomic E-state index is 12.4. The van der Waals surface area contributed by atoms with Crippen LogP contribution < -0.4 is 10.2 Å². The smallest absolute Gasteiger partial charge is 0.269 e. The van der Waals surface area contributed by atoms with Crippen molar-refractivity contribution in [1.82, 2.24) is 20.5 Å². The zero-order valence-corrected chi connectivity index (χ0v) is 16.1. The molecule has 2 aromatic heterocycles. The van der Waals surface area contributed by atoms with Crippen molar-refractivity contribution in [1.29, 1.82) is 0 Å². The van der Waals surface area contributed by atoms with E-state index in [9.17, 15) is 4.79 Å². The molecule has 1 atom stereocenters. The number of carbonyl (C=O) groups excluding carboxylic acids is 1. The minimum absolute atomic E-state index is 0.165. The number of hydrogen-bond acceptors (Lipinski definition) is 4. The molecule has 1 aliphatic heterocycles. The van der Waals surface area contributed by atoms with Crippen molar-refractivity contribution in [2.75, 3.05) is 18.0 Å². The zero-order valence-electron chi connectivity index (χ0n) is 16.1. The normalized spacial score (nSPS) is 16.8. The predicted octanol–water partition coefficient (Wildman–Crippen LogP) is 3.64. The number of anilines is 1. The number of aromatic amines is 1. The van der Waals surface area contributed by atoms with Gasteiger partial charge in [-0.1, -0.05) is 19.1 Å². The highest BCUT2D eigenvalue weighted by Crippen LogP contribution is 2.23. The van der Waals surface area contributed by atoms with Gasteiger partial charge in [-0.15, -0.1) is 0 Å². The topological polar surface area (TPSA) is 73.9 Å². The summed E-state index contributed by atoms with van der Waals surface area (Å²) in [5, 5.41) is 9.97. The van der Waals surface area contributed by atoms with Gasteiger partial charge in [-0.3, -0.25) is 14.9 Å². The minimum Gasteiger partial charge on any atom is -0.371 e. The maximum Gasteiger partial charge on any atom is 0.269 e. The number of amides is 1. The first-order chi connectivity index (χ1) is 13.7. The molecule has 0 aliphatic carbocycles. The largest absolute Gasteiger partial charge is 0.371 e. The summed E-state index contributed by atoms with van der Waals surface area (Å²) in [6.45, 7) is 5.04. The van der Waals surface area contributed by atoms with E-state index in [1.807, 2.05) is 12.1 Å². The molecule has 1 fully saturated rings. The molecule has 1 unspecified atom stereocenters. The summed E-state index contributed by atoms with van der Waals surface area (Å²) in [6, 6.07) is 14.0. The van der Waals surface area contributed by atoms with Crippen LogP contribution in [-0.4, -0.2) is 34.2 Å². The lowest BCUT2D eigenvalue weighted by Crippen LogP contribution is -2.34. The van der Waals surface area contributed by atoms with Gasteiger partial charge in [0.1, 0.15) is 5.69 Å². The van der Waals surface area contributed by atoms with Gasteiger partial charge in [0.15, 0.2) is 0 Å². The SMILES string of the molecule is CC1CCCN(c2ccc(CNC(=O)c3cc(-c4ccncc4)n[nH]3)cc2)C1. The molecule has 1 amide bonds. The third-order valence-corrected chi connectivity index (χ3v) is 5.21. The van der Waals surface area contributed by atoms with Gasteiger partial charge >= 0.3 is 0 Å².